The van der Waals surface area contributed by atoms with Gasteiger partial charge in [0.15, 0.2) is 17.1 Å². The molecule has 0 amide bonds. The summed E-state index contributed by atoms with van der Waals surface area (Å²) in [6.07, 6.45) is 1.23. The number of cyclic esters (lactones) is 2. The van der Waals surface area contributed by atoms with Crippen LogP contribution in [-0.2, 0) is 19.1 Å². The molecule has 6 nitrogen and oxygen atoms in total. The van der Waals surface area contributed by atoms with Crippen LogP contribution in [0, 0.1) is 5.82 Å². The molecule has 0 aliphatic carbocycles. The van der Waals surface area contributed by atoms with E-state index in [9.17, 15) is 14.0 Å². The fraction of sp³-hybridized carbons (Fsp3) is 0.200. The number of hydrogen-bond donors (Lipinski definition) is 1. The summed E-state index contributed by atoms with van der Waals surface area (Å²) in [5.41, 5.74) is 1.76. The van der Waals surface area contributed by atoms with Crippen molar-refractivity contribution in [1.82, 2.24) is 0 Å². The third-order valence-corrected chi connectivity index (χ3v) is 3.85. The van der Waals surface area contributed by atoms with E-state index in [1.807, 2.05) is 6.07 Å². The van der Waals surface area contributed by atoms with Gasteiger partial charge in [-0.25, -0.2) is 14.0 Å². The second-order valence-corrected chi connectivity index (χ2v) is 6.31. The number of carbonyl (C=O) groups is 2. The first-order valence-electron chi connectivity index (χ1n) is 8.16. The third-order valence-electron chi connectivity index (χ3n) is 3.85. The summed E-state index contributed by atoms with van der Waals surface area (Å²) in [4.78, 5) is 23.9. The standard InChI is InChI=1S/C20H18FNO5/c1-20(2)26-18(23)15(19(24)27-20)11-22-14-6-4-5-12(9-14)13-7-8-17(25-3)16(21)10-13/h4-11,22H,1-3H3. The predicted octanol–water partition coefficient (Wildman–Crippen LogP) is 3.63. The Morgan fingerprint density at radius 1 is 1.04 bits per heavy atom. The van der Waals surface area contributed by atoms with Crippen LogP contribution in [0.15, 0.2) is 54.2 Å². The normalized spacial score (nSPS) is 15.6. The van der Waals surface area contributed by atoms with E-state index in [0.29, 0.717) is 11.3 Å². The zero-order chi connectivity index (χ0) is 19.6. The Bertz CT molecular complexity index is 914. The van der Waals surface area contributed by atoms with Crippen molar-refractivity contribution in [3.05, 3.63) is 60.1 Å². The van der Waals surface area contributed by atoms with Crippen LogP contribution in [0.3, 0.4) is 0 Å². The van der Waals surface area contributed by atoms with E-state index in [1.165, 1.54) is 33.2 Å². The molecule has 3 rings (SSSR count). The summed E-state index contributed by atoms with van der Waals surface area (Å²) in [7, 11) is 1.40. The molecule has 2 aromatic rings. The number of halogens is 1. The highest BCUT2D eigenvalue weighted by molar-refractivity contribution is 6.15. The molecular weight excluding hydrogens is 353 g/mol. The van der Waals surface area contributed by atoms with E-state index in [0.717, 1.165) is 5.56 Å². The highest BCUT2D eigenvalue weighted by Crippen LogP contribution is 2.28. The molecule has 1 aliphatic heterocycles. The summed E-state index contributed by atoms with van der Waals surface area (Å²) in [6.45, 7) is 2.95. The van der Waals surface area contributed by atoms with Crippen LogP contribution >= 0.6 is 0 Å². The van der Waals surface area contributed by atoms with Crippen LogP contribution in [0.5, 0.6) is 5.75 Å². The van der Waals surface area contributed by atoms with Gasteiger partial charge in [-0.15, -0.1) is 0 Å². The van der Waals surface area contributed by atoms with Crippen molar-refractivity contribution in [2.75, 3.05) is 12.4 Å². The number of esters is 2. The first kappa shape index (κ1) is 18.4. The molecule has 0 aromatic heterocycles. The van der Waals surface area contributed by atoms with Gasteiger partial charge in [0.05, 0.1) is 7.11 Å². The van der Waals surface area contributed by atoms with Crippen LogP contribution in [0.4, 0.5) is 10.1 Å². The van der Waals surface area contributed by atoms with Crippen molar-refractivity contribution >= 4 is 17.6 Å². The Balaban J connectivity index is 1.81. The zero-order valence-electron chi connectivity index (χ0n) is 15.0. The molecule has 0 radical (unpaired) electrons. The van der Waals surface area contributed by atoms with Gasteiger partial charge in [-0.3, -0.25) is 0 Å². The average molecular weight is 371 g/mol. The molecule has 2 aromatic carbocycles. The molecule has 0 saturated carbocycles. The summed E-state index contributed by atoms with van der Waals surface area (Å²) < 4.78 is 28.9. The Morgan fingerprint density at radius 3 is 2.33 bits per heavy atom. The van der Waals surface area contributed by atoms with Crippen molar-refractivity contribution in [3.8, 4) is 16.9 Å². The molecule has 1 heterocycles. The Hall–Kier alpha value is -3.35. The number of rotatable bonds is 4. The van der Waals surface area contributed by atoms with E-state index < -0.39 is 23.5 Å². The minimum atomic E-state index is -1.29. The fourth-order valence-electron chi connectivity index (χ4n) is 2.57. The van der Waals surface area contributed by atoms with Gasteiger partial charge in [0.25, 0.3) is 5.79 Å². The highest BCUT2D eigenvalue weighted by atomic mass is 19.1. The van der Waals surface area contributed by atoms with E-state index in [4.69, 9.17) is 14.2 Å². The maximum absolute atomic E-state index is 13.9. The molecule has 0 atom stereocenters. The largest absolute Gasteiger partial charge is 0.494 e. The van der Waals surface area contributed by atoms with Crippen molar-refractivity contribution in [3.63, 3.8) is 0 Å². The lowest BCUT2D eigenvalue weighted by Crippen LogP contribution is -2.42. The van der Waals surface area contributed by atoms with Crippen molar-refractivity contribution in [1.29, 1.82) is 0 Å². The number of ether oxygens (including phenoxy) is 3. The molecule has 0 spiro atoms. The van der Waals surface area contributed by atoms with Gasteiger partial charge in [0.1, 0.15) is 0 Å². The number of hydrogen-bond acceptors (Lipinski definition) is 6. The molecule has 140 valence electrons. The topological polar surface area (TPSA) is 73.9 Å². The minimum absolute atomic E-state index is 0.162. The molecule has 1 fully saturated rings. The van der Waals surface area contributed by atoms with E-state index in [2.05, 4.69) is 5.32 Å². The van der Waals surface area contributed by atoms with Crippen LogP contribution in [0.1, 0.15) is 13.8 Å². The summed E-state index contributed by atoms with van der Waals surface area (Å²) in [6, 6.07) is 11.7. The van der Waals surface area contributed by atoms with Crippen LogP contribution in [0.2, 0.25) is 0 Å². The zero-order valence-corrected chi connectivity index (χ0v) is 15.0. The lowest BCUT2D eigenvalue weighted by Gasteiger charge is -2.29. The first-order chi connectivity index (χ1) is 12.8. The van der Waals surface area contributed by atoms with Gasteiger partial charge < -0.3 is 19.5 Å². The molecule has 7 heteroatoms. The number of anilines is 1. The summed E-state index contributed by atoms with van der Waals surface area (Å²) in [5.74, 6) is -3.13. The predicted molar refractivity (Wildman–Crippen MR) is 96.4 cm³/mol. The minimum Gasteiger partial charge on any atom is -0.494 e. The third kappa shape index (κ3) is 4.08. The van der Waals surface area contributed by atoms with Gasteiger partial charge in [0, 0.05) is 25.7 Å². The van der Waals surface area contributed by atoms with Gasteiger partial charge in [-0.05, 0) is 35.4 Å². The van der Waals surface area contributed by atoms with Crippen LogP contribution in [-0.4, -0.2) is 24.8 Å². The molecule has 27 heavy (non-hydrogen) atoms. The molecule has 1 saturated heterocycles. The Labute approximate surface area is 155 Å². The molecular formula is C20H18FNO5. The van der Waals surface area contributed by atoms with Crippen molar-refractivity contribution in [2.45, 2.75) is 19.6 Å². The monoisotopic (exact) mass is 371 g/mol. The lowest BCUT2D eigenvalue weighted by molar-refractivity contribution is -0.222. The second-order valence-electron chi connectivity index (χ2n) is 6.31. The Morgan fingerprint density at radius 2 is 1.70 bits per heavy atom. The molecule has 1 N–H and O–H groups in total. The number of carbonyl (C=O) groups excluding carboxylic acids is 2. The van der Waals surface area contributed by atoms with E-state index in [1.54, 1.807) is 30.3 Å². The molecule has 0 unspecified atom stereocenters. The number of benzene rings is 2. The van der Waals surface area contributed by atoms with Gasteiger partial charge in [-0.1, -0.05) is 18.2 Å². The first-order valence-corrected chi connectivity index (χ1v) is 8.16. The SMILES string of the molecule is COc1ccc(-c2cccc(NC=C3C(=O)OC(C)(C)OC3=O)c2)cc1F. The maximum Gasteiger partial charge on any atom is 0.350 e. The van der Waals surface area contributed by atoms with Gasteiger partial charge >= 0.3 is 11.9 Å². The number of nitrogens with one attached hydrogen (secondary N) is 1. The molecule has 0 bridgehead atoms. The van der Waals surface area contributed by atoms with Crippen LogP contribution < -0.4 is 10.1 Å². The summed E-state index contributed by atoms with van der Waals surface area (Å²) >= 11 is 0. The van der Waals surface area contributed by atoms with E-state index in [-0.39, 0.29) is 11.3 Å². The van der Waals surface area contributed by atoms with E-state index >= 15 is 0 Å². The van der Waals surface area contributed by atoms with Crippen molar-refractivity contribution in [2.24, 2.45) is 0 Å². The Kier molecular flexibility index (Phi) is 4.85. The quantitative estimate of drug-likeness (QED) is 0.503. The summed E-state index contributed by atoms with van der Waals surface area (Å²) in [5, 5.41) is 2.87. The fourth-order valence-corrected chi connectivity index (χ4v) is 2.57. The average Bonchev–Trinajstić information content (AvgIpc) is 2.60. The maximum atomic E-state index is 13.9. The van der Waals surface area contributed by atoms with Crippen molar-refractivity contribution < 1.29 is 28.2 Å². The van der Waals surface area contributed by atoms with Crippen LogP contribution in [0.25, 0.3) is 11.1 Å². The van der Waals surface area contributed by atoms with Gasteiger partial charge in [-0.2, -0.15) is 0 Å². The number of methoxy groups -OCH3 is 1. The van der Waals surface area contributed by atoms with Gasteiger partial charge in [0.2, 0.25) is 0 Å². The highest BCUT2D eigenvalue weighted by Gasteiger charge is 2.38. The second kappa shape index (κ2) is 7.11. The lowest BCUT2D eigenvalue weighted by atomic mass is 10.0. The smallest absolute Gasteiger partial charge is 0.350 e. The molecule has 1 aliphatic rings.